The number of thioether (sulfide) groups is 1. The second kappa shape index (κ2) is 11.5. The Labute approximate surface area is 215 Å². The molecule has 36 heavy (non-hydrogen) atoms. The molecule has 0 aliphatic rings. The summed E-state index contributed by atoms with van der Waals surface area (Å²) in [5, 5.41) is 6.80. The highest BCUT2D eigenvalue weighted by molar-refractivity contribution is 8.00. The van der Waals surface area contributed by atoms with E-state index in [2.05, 4.69) is 10.6 Å². The second-order valence-corrected chi connectivity index (χ2v) is 9.19. The van der Waals surface area contributed by atoms with Crippen molar-refractivity contribution in [2.24, 2.45) is 0 Å². The maximum atomic E-state index is 13.9. The van der Waals surface area contributed by atoms with Crippen LogP contribution in [0, 0.1) is 11.6 Å². The molecule has 4 rings (SSSR count). The summed E-state index contributed by atoms with van der Waals surface area (Å²) in [6, 6.07) is 15.9. The van der Waals surface area contributed by atoms with E-state index in [1.54, 1.807) is 18.2 Å². The lowest BCUT2D eigenvalue weighted by Gasteiger charge is -2.10. The van der Waals surface area contributed by atoms with Gasteiger partial charge in [0.05, 0.1) is 18.6 Å². The van der Waals surface area contributed by atoms with Crippen LogP contribution in [-0.2, 0) is 11.3 Å². The van der Waals surface area contributed by atoms with Gasteiger partial charge in [0.1, 0.15) is 22.9 Å². The first-order valence-electron chi connectivity index (χ1n) is 10.9. The lowest BCUT2D eigenvalue weighted by Crippen LogP contribution is -2.28. The first-order valence-corrected chi connectivity index (χ1v) is 12.3. The minimum Gasteiger partial charge on any atom is -0.495 e. The molecule has 0 unspecified atom stereocenters. The number of hydrogen-bond donors (Lipinski definition) is 2. The highest BCUT2D eigenvalue weighted by atomic mass is 35.5. The predicted molar refractivity (Wildman–Crippen MR) is 138 cm³/mol. The normalized spacial score (nSPS) is 10.9. The first kappa shape index (κ1) is 25.5. The van der Waals surface area contributed by atoms with E-state index in [4.69, 9.17) is 16.3 Å². The van der Waals surface area contributed by atoms with Crippen LogP contribution >= 0.6 is 23.4 Å². The van der Waals surface area contributed by atoms with Crippen molar-refractivity contribution >= 4 is 51.8 Å². The lowest BCUT2D eigenvalue weighted by atomic mass is 10.2. The van der Waals surface area contributed by atoms with E-state index < -0.39 is 23.1 Å². The van der Waals surface area contributed by atoms with Gasteiger partial charge in [-0.15, -0.1) is 11.8 Å². The van der Waals surface area contributed by atoms with Crippen LogP contribution in [0.2, 0.25) is 5.02 Å². The monoisotopic (exact) mass is 529 g/mol. The minimum absolute atomic E-state index is 0.146. The molecule has 2 amide bonds. The van der Waals surface area contributed by atoms with Gasteiger partial charge in [-0.25, -0.2) is 8.78 Å². The predicted octanol–water partition coefficient (Wildman–Crippen LogP) is 5.74. The molecular formula is C26H22ClF2N3O3S. The van der Waals surface area contributed by atoms with Crippen molar-refractivity contribution in [2.45, 2.75) is 11.4 Å². The van der Waals surface area contributed by atoms with Crippen molar-refractivity contribution in [3.63, 3.8) is 0 Å². The molecule has 2 N–H and O–H groups in total. The quantitative estimate of drug-likeness (QED) is 0.271. The Kier molecular flexibility index (Phi) is 8.12. The molecule has 4 aromatic rings. The van der Waals surface area contributed by atoms with Gasteiger partial charge in [-0.05, 0) is 36.4 Å². The van der Waals surface area contributed by atoms with Crippen molar-refractivity contribution in [3.8, 4) is 5.75 Å². The largest absolute Gasteiger partial charge is 0.495 e. The number of para-hydroxylation sites is 1. The van der Waals surface area contributed by atoms with E-state index >= 15 is 0 Å². The summed E-state index contributed by atoms with van der Waals surface area (Å²) in [5.41, 5.74) is 0.789. The molecular weight excluding hydrogens is 508 g/mol. The van der Waals surface area contributed by atoms with E-state index in [-0.39, 0.29) is 18.2 Å². The van der Waals surface area contributed by atoms with E-state index in [1.165, 1.54) is 24.9 Å². The average Bonchev–Trinajstić information content (AvgIpc) is 3.20. The molecule has 0 aliphatic carbocycles. The average molecular weight is 530 g/mol. The standard InChI is InChI=1S/C26H22ClF2N3O3S/c1-35-22-10-9-16(27)13-20(22)31-24(33)15-36-23-14-32(21-8-3-2-5-17(21)23)12-11-30-26(34)25-18(28)6-4-7-19(25)29/h2-10,13-14H,11-12,15H2,1H3,(H,30,34)(H,31,33). The van der Waals surface area contributed by atoms with Crippen LogP contribution in [0.5, 0.6) is 5.75 Å². The lowest BCUT2D eigenvalue weighted by molar-refractivity contribution is -0.113. The van der Waals surface area contributed by atoms with Crippen molar-refractivity contribution < 1.29 is 23.1 Å². The summed E-state index contributed by atoms with van der Waals surface area (Å²) in [5.74, 6) is -2.21. The molecule has 0 fully saturated rings. The molecule has 186 valence electrons. The van der Waals surface area contributed by atoms with Gasteiger partial charge in [0, 0.05) is 40.1 Å². The number of ether oxygens (including phenoxy) is 1. The minimum atomic E-state index is -0.911. The summed E-state index contributed by atoms with van der Waals surface area (Å²) < 4.78 is 34.9. The number of nitrogens with one attached hydrogen (secondary N) is 2. The van der Waals surface area contributed by atoms with Crippen LogP contribution in [0.4, 0.5) is 14.5 Å². The number of benzene rings is 3. The Morgan fingerprint density at radius 2 is 1.81 bits per heavy atom. The summed E-state index contributed by atoms with van der Waals surface area (Å²) >= 11 is 7.39. The van der Waals surface area contributed by atoms with E-state index in [0.717, 1.165) is 27.9 Å². The van der Waals surface area contributed by atoms with Crippen LogP contribution < -0.4 is 15.4 Å². The third-order valence-corrected chi connectivity index (χ3v) is 6.65. The number of methoxy groups -OCH3 is 1. The van der Waals surface area contributed by atoms with Crippen LogP contribution in [0.3, 0.4) is 0 Å². The molecule has 0 bridgehead atoms. The van der Waals surface area contributed by atoms with Crippen molar-refractivity contribution in [3.05, 3.63) is 89.1 Å². The fourth-order valence-electron chi connectivity index (χ4n) is 3.71. The highest BCUT2D eigenvalue weighted by Gasteiger charge is 2.17. The van der Waals surface area contributed by atoms with Gasteiger partial charge < -0.3 is 19.9 Å². The molecule has 1 heterocycles. The van der Waals surface area contributed by atoms with Crippen LogP contribution in [0.1, 0.15) is 10.4 Å². The van der Waals surface area contributed by atoms with Gasteiger partial charge >= 0.3 is 0 Å². The number of nitrogens with zero attached hydrogens (tertiary/aromatic N) is 1. The number of amides is 2. The summed E-state index contributed by atoms with van der Waals surface area (Å²) in [6.07, 6.45) is 1.89. The maximum absolute atomic E-state index is 13.9. The van der Waals surface area contributed by atoms with Crippen LogP contribution in [0.25, 0.3) is 10.9 Å². The van der Waals surface area contributed by atoms with Gasteiger partial charge in [-0.1, -0.05) is 35.9 Å². The Balaban J connectivity index is 1.41. The second-order valence-electron chi connectivity index (χ2n) is 7.74. The Hall–Kier alpha value is -3.56. The Morgan fingerprint density at radius 3 is 2.56 bits per heavy atom. The number of aromatic nitrogens is 1. The molecule has 0 spiro atoms. The number of anilines is 1. The van der Waals surface area contributed by atoms with Gasteiger partial charge in [-0.3, -0.25) is 9.59 Å². The fraction of sp³-hybridized carbons (Fsp3) is 0.154. The number of rotatable bonds is 9. The summed E-state index contributed by atoms with van der Waals surface area (Å²) in [4.78, 5) is 25.8. The fourth-order valence-corrected chi connectivity index (χ4v) is 4.77. The highest BCUT2D eigenvalue weighted by Crippen LogP contribution is 2.31. The third-order valence-electron chi connectivity index (χ3n) is 5.37. The topological polar surface area (TPSA) is 72.4 Å². The van der Waals surface area contributed by atoms with Gasteiger partial charge in [0.25, 0.3) is 5.91 Å². The summed E-state index contributed by atoms with van der Waals surface area (Å²) in [7, 11) is 1.51. The van der Waals surface area contributed by atoms with Gasteiger partial charge in [0.2, 0.25) is 5.91 Å². The van der Waals surface area contributed by atoms with Crippen molar-refractivity contribution in [2.75, 3.05) is 24.7 Å². The first-order chi connectivity index (χ1) is 17.4. The molecule has 1 aromatic heterocycles. The molecule has 6 nitrogen and oxygen atoms in total. The Morgan fingerprint density at radius 1 is 1.06 bits per heavy atom. The number of hydrogen-bond acceptors (Lipinski definition) is 4. The zero-order valence-corrected chi connectivity index (χ0v) is 20.8. The molecule has 3 aromatic carbocycles. The van der Waals surface area contributed by atoms with Crippen LogP contribution in [0.15, 0.2) is 71.8 Å². The number of halogens is 3. The zero-order chi connectivity index (χ0) is 25.7. The number of carbonyl (C=O) groups is 2. The SMILES string of the molecule is COc1ccc(Cl)cc1NC(=O)CSc1cn(CCNC(=O)c2c(F)cccc2F)c2ccccc12. The smallest absolute Gasteiger partial charge is 0.257 e. The Bertz CT molecular complexity index is 1410. The molecule has 0 radical (unpaired) electrons. The van der Waals surface area contributed by atoms with E-state index in [9.17, 15) is 18.4 Å². The number of fused-ring (bicyclic) bond motifs is 1. The molecule has 10 heteroatoms. The van der Waals surface area contributed by atoms with E-state index in [1.807, 2.05) is 35.0 Å². The maximum Gasteiger partial charge on any atom is 0.257 e. The molecule has 0 atom stereocenters. The third kappa shape index (κ3) is 5.80. The van der Waals surface area contributed by atoms with Crippen molar-refractivity contribution in [1.82, 2.24) is 9.88 Å². The van der Waals surface area contributed by atoms with Gasteiger partial charge in [0.15, 0.2) is 0 Å². The van der Waals surface area contributed by atoms with Gasteiger partial charge in [-0.2, -0.15) is 0 Å². The van der Waals surface area contributed by atoms with Crippen LogP contribution in [-0.4, -0.2) is 35.8 Å². The van der Waals surface area contributed by atoms with E-state index in [0.29, 0.717) is 23.0 Å². The van der Waals surface area contributed by atoms with Crippen molar-refractivity contribution in [1.29, 1.82) is 0 Å². The number of carbonyl (C=O) groups excluding carboxylic acids is 2. The molecule has 0 saturated carbocycles. The summed E-state index contributed by atoms with van der Waals surface area (Å²) in [6.45, 7) is 0.527. The molecule has 0 saturated heterocycles. The zero-order valence-electron chi connectivity index (χ0n) is 19.2. The molecule has 0 aliphatic heterocycles.